The quantitative estimate of drug-likeness (QED) is 0.862. The number of carbonyl (C=O) groups excluding carboxylic acids is 1. The van der Waals surface area contributed by atoms with Crippen LogP contribution in [0.1, 0.15) is 44.1 Å². The molecule has 25 heavy (non-hydrogen) atoms. The Morgan fingerprint density at radius 2 is 2.00 bits per heavy atom. The predicted octanol–water partition coefficient (Wildman–Crippen LogP) is 1.90. The predicted molar refractivity (Wildman–Crippen MR) is 98.1 cm³/mol. The molecule has 6 nitrogen and oxygen atoms in total. The number of carbonyl (C=O) groups is 1. The number of nitrogens with one attached hydrogen (secondary N) is 1. The molecule has 2 fully saturated rings. The normalized spacial score (nSPS) is 23.2. The first-order valence-corrected chi connectivity index (χ1v) is 11.0. The fourth-order valence-electron chi connectivity index (χ4n) is 3.61. The first-order valence-electron chi connectivity index (χ1n) is 9.19. The maximum atomic E-state index is 12.1. The molecule has 1 aromatic heterocycles. The van der Waals surface area contributed by atoms with E-state index in [-0.39, 0.29) is 23.3 Å². The lowest BCUT2D eigenvalue weighted by Gasteiger charge is -2.21. The van der Waals surface area contributed by atoms with Gasteiger partial charge in [-0.25, -0.2) is 13.4 Å². The molecular weight excluding hydrogens is 338 g/mol. The van der Waals surface area contributed by atoms with Crippen LogP contribution in [0.25, 0.3) is 0 Å². The van der Waals surface area contributed by atoms with Gasteiger partial charge >= 0.3 is 0 Å². The number of aromatic nitrogens is 1. The highest BCUT2D eigenvalue weighted by Gasteiger charge is 2.29. The van der Waals surface area contributed by atoms with E-state index in [4.69, 9.17) is 0 Å². The maximum absolute atomic E-state index is 12.1. The van der Waals surface area contributed by atoms with E-state index >= 15 is 0 Å². The fourth-order valence-corrected chi connectivity index (χ4v) is 5.47. The second-order valence-electron chi connectivity index (χ2n) is 7.17. The number of hydrogen-bond acceptors (Lipinski definition) is 5. The van der Waals surface area contributed by atoms with E-state index in [1.807, 2.05) is 12.1 Å². The number of anilines is 1. The molecule has 2 aliphatic rings. The van der Waals surface area contributed by atoms with Crippen molar-refractivity contribution in [3.63, 3.8) is 0 Å². The van der Waals surface area contributed by atoms with Crippen LogP contribution < -0.4 is 10.2 Å². The van der Waals surface area contributed by atoms with Gasteiger partial charge in [-0.05, 0) is 42.9 Å². The Morgan fingerprint density at radius 1 is 1.24 bits per heavy atom. The van der Waals surface area contributed by atoms with Crippen LogP contribution in [0.3, 0.4) is 0 Å². The van der Waals surface area contributed by atoms with E-state index < -0.39 is 9.84 Å². The molecule has 0 radical (unpaired) electrons. The van der Waals surface area contributed by atoms with Gasteiger partial charge in [0.05, 0.1) is 11.5 Å². The van der Waals surface area contributed by atoms with E-state index in [1.54, 1.807) is 6.20 Å². The van der Waals surface area contributed by atoms with Gasteiger partial charge in [0.15, 0.2) is 9.84 Å². The lowest BCUT2D eigenvalue weighted by atomic mass is 10.1. The lowest BCUT2D eigenvalue weighted by molar-refractivity contribution is -0.122. The smallest absolute Gasteiger partial charge is 0.220 e. The Balaban J connectivity index is 1.51. The topological polar surface area (TPSA) is 79.4 Å². The molecule has 2 aliphatic heterocycles. The summed E-state index contributed by atoms with van der Waals surface area (Å²) in [6, 6.07) is 3.97. The van der Waals surface area contributed by atoms with Crippen molar-refractivity contribution in [1.82, 2.24) is 10.3 Å². The van der Waals surface area contributed by atoms with Gasteiger partial charge in [0.2, 0.25) is 5.91 Å². The summed E-state index contributed by atoms with van der Waals surface area (Å²) in [6.07, 6.45) is 7.66. The van der Waals surface area contributed by atoms with Crippen LogP contribution in [-0.2, 0) is 21.2 Å². The summed E-state index contributed by atoms with van der Waals surface area (Å²) < 4.78 is 22.9. The molecule has 1 N–H and O–H groups in total. The fraction of sp³-hybridized carbons (Fsp3) is 0.667. The summed E-state index contributed by atoms with van der Waals surface area (Å²) >= 11 is 0. The summed E-state index contributed by atoms with van der Waals surface area (Å²) in [5, 5.41) is 2.92. The van der Waals surface area contributed by atoms with Gasteiger partial charge < -0.3 is 10.2 Å². The van der Waals surface area contributed by atoms with Crippen molar-refractivity contribution in [1.29, 1.82) is 0 Å². The summed E-state index contributed by atoms with van der Waals surface area (Å²) in [6.45, 7) is 2.54. The molecule has 138 valence electrons. The van der Waals surface area contributed by atoms with Crippen molar-refractivity contribution in [2.45, 2.75) is 45.1 Å². The highest BCUT2D eigenvalue weighted by atomic mass is 32.2. The van der Waals surface area contributed by atoms with Crippen LogP contribution in [0.15, 0.2) is 18.3 Å². The van der Waals surface area contributed by atoms with Crippen molar-refractivity contribution in [3.05, 3.63) is 23.9 Å². The van der Waals surface area contributed by atoms with E-state index in [2.05, 4.69) is 15.2 Å². The highest BCUT2D eigenvalue weighted by Crippen LogP contribution is 2.21. The highest BCUT2D eigenvalue weighted by molar-refractivity contribution is 7.91. The lowest BCUT2D eigenvalue weighted by Crippen LogP contribution is -2.27. The minimum atomic E-state index is -2.92. The molecule has 0 aromatic carbocycles. The maximum Gasteiger partial charge on any atom is 0.220 e. The third kappa shape index (κ3) is 5.42. The van der Waals surface area contributed by atoms with Crippen molar-refractivity contribution in [2.24, 2.45) is 5.92 Å². The number of nitrogens with zero attached hydrogens (tertiary/aromatic N) is 2. The molecule has 1 amide bonds. The molecule has 1 aromatic rings. The molecule has 0 spiro atoms. The number of amides is 1. The third-order valence-corrected chi connectivity index (χ3v) is 6.87. The average molecular weight is 365 g/mol. The molecule has 0 aliphatic carbocycles. The third-order valence-electron chi connectivity index (χ3n) is 5.03. The Labute approximate surface area is 149 Å². The van der Waals surface area contributed by atoms with Gasteiger partial charge in [0.1, 0.15) is 5.82 Å². The van der Waals surface area contributed by atoms with Crippen LogP contribution in [0.4, 0.5) is 5.82 Å². The Morgan fingerprint density at radius 3 is 2.68 bits per heavy atom. The first kappa shape index (κ1) is 18.2. The molecule has 7 heteroatoms. The Hall–Kier alpha value is -1.63. The van der Waals surface area contributed by atoms with Gasteiger partial charge in [0, 0.05) is 32.3 Å². The average Bonchev–Trinajstić information content (AvgIpc) is 2.80. The number of sulfone groups is 1. The zero-order valence-electron chi connectivity index (χ0n) is 14.6. The summed E-state index contributed by atoms with van der Waals surface area (Å²) in [4.78, 5) is 18.9. The Kier molecular flexibility index (Phi) is 5.93. The van der Waals surface area contributed by atoms with Crippen molar-refractivity contribution >= 4 is 21.6 Å². The summed E-state index contributed by atoms with van der Waals surface area (Å²) in [5.74, 6) is 1.24. The molecule has 2 saturated heterocycles. The van der Waals surface area contributed by atoms with Gasteiger partial charge in [-0.15, -0.1) is 0 Å². The zero-order chi connectivity index (χ0) is 17.7. The molecular formula is C18H27N3O3S. The molecule has 0 saturated carbocycles. The minimum Gasteiger partial charge on any atom is -0.357 e. The van der Waals surface area contributed by atoms with Gasteiger partial charge in [-0.1, -0.05) is 12.8 Å². The van der Waals surface area contributed by atoms with Crippen LogP contribution in [-0.4, -0.2) is 43.9 Å². The second-order valence-corrected chi connectivity index (χ2v) is 9.40. The number of hydrogen-bond donors (Lipinski definition) is 1. The SMILES string of the molecule is O=C(CC1CCS(=O)(=O)C1)NCc1ccnc(N2CCCCCC2)c1. The van der Waals surface area contributed by atoms with E-state index in [9.17, 15) is 13.2 Å². The van der Waals surface area contributed by atoms with Crippen molar-refractivity contribution < 1.29 is 13.2 Å². The molecule has 3 heterocycles. The van der Waals surface area contributed by atoms with Gasteiger partial charge in [0.25, 0.3) is 0 Å². The molecule has 1 unspecified atom stereocenters. The molecule has 0 bridgehead atoms. The summed E-state index contributed by atoms with van der Waals surface area (Å²) in [7, 11) is -2.92. The van der Waals surface area contributed by atoms with Crippen molar-refractivity contribution in [3.8, 4) is 0 Å². The summed E-state index contributed by atoms with van der Waals surface area (Å²) in [5.41, 5.74) is 1.03. The van der Waals surface area contributed by atoms with Crippen LogP contribution in [0.5, 0.6) is 0 Å². The van der Waals surface area contributed by atoms with Crippen LogP contribution in [0.2, 0.25) is 0 Å². The number of pyridine rings is 1. The van der Waals surface area contributed by atoms with Crippen LogP contribution in [0, 0.1) is 5.92 Å². The van der Waals surface area contributed by atoms with E-state index in [0.29, 0.717) is 19.4 Å². The largest absolute Gasteiger partial charge is 0.357 e. The number of rotatable bonds is 5. The standard InChI is InChI=1S/C18H27N3O3S/c22-18(12-16-6-10-25(23,24)14-16)20-13-15-5-7-19-17(11-15)21-8-3-1-2-4-9-21/h5,7,11,16H,1-4,6,8-10,12-14H2,(H,20,22). The first-order chi connectivity index (χ1) is 12.0. The van der Waals surface area contributed by atoms with E-state index in [1.165, 1.54) is 25.7 Å². The monoisotopic (exact) mass is 365 g/mol. The molecule has 3 rings (SSSR count). The van der Waals surface area contributed by atoms with Gasteiger partial charge in [-0.2, -0.15) is 0 Å². The minimum absolute atomic E-state index is 0.0323. The van der Waals surface area contributed by atoms with E-state index in [0.717, 1.165) is 24.5 Å². The molecule has 1 atom stereocenters. The van der Waals surface area contributed by atoms with Crippen LogP contribution >= 0.6 is 0 Å². The second kappa shape index (κ2) is 8.17. The zero-order valence-corrected chi connectivity index (χ0v) is 15.4. The van der Waals surface area contributed by atoms with Gasteiger partial charge in [-0.3, -0.25) is 4.79 Å². The Bertz CT molecular complexity index is 697. The van der Waals surface area contributed by atoms with Crippen molar-refractivity contribution in [2.75, 3.05) is 29.5 Å².